The highest BCUT2D eigenvalue weighted by Gasteiger charge is 2.19. The van der Waals surface area contributed by atoms with Crippen molar-refractivity contribution < 1.29 is 28.6 Å². The number of unbranched alkanes of at least 4 members (excludes halogenated alkanes) is 39. The van der Waals surface area contributed by atoms with Crippen LogP contribution in [0.5, 0.6) is 0 Å². The van der Waals surface area contributed by atoms with Gasteiger partial charge in [0.15, 0.2) is 6.10 Å². The Kier molecular flexibility index (Phi) is 66.2. The highest BCUT2D eigenvalue weighted by Crippen LogP contribution is 2.17. The van der Waals surface area contributed by atoms with Crippen molar-refractivity contribution in [3.05, 3.63) is 85.1 Å². The maximum Gasteiger partial charge on any atom is 0.306 e. The van der Waals surface area contributed by atoms with Crippen molar-refractivity contribution in [1.82, 2.24) is 0 Å². The maximum atomic E-state index is 12.9. The Morgan fingerprint density at radius 1 is 0.259 bits per heavy atom. The van der Waals surface area contributed by atoms with Crippen LogP contribution in [0, 0.1) is 0 Å². The second-order valence-electron chi connectivity index (χ2n) is 23.4. The van der Waals surface area contributed by atoms with E-state index in [1.165, 1.54) is 218 Å². The summed E-state index contributed by atoms with van der Waals surface area (Å²) in [5, 5.41) is 0. The van der Waals surface area contributed by atoms with E-state index >= 15 is 0 Å². The van der Waals surface area contributed by atoms with E-state index in [4.69, 9.17) is 14.2 Å². The first kappa shape index (κ1) is 77.6. The lowest BCUT2D eigenvalue weighted by molar-refractivity contribution is -0.167. The number of carbonyl (C=O) groups is 3. The van der Waals surface area contributed by atoms with Crippen LogP contribution in [0.3, 0.4) is 0 Å². The summed E-state index contributed by atoms with van der Waals surface area (Å²) in [6, 6.07) is 0. The predicted octanol–water partition coefficient (Wildman–Crippen LogP) is 24.2. The van der Waals surface area contributed by atoms with Crippen LogP contribution < -0.4 is 0 Å². The van der Waals surface area contributed by atoms with E-state index in [1.54, 1.807) is 0 Å². The molecule has 0 aliphatic carbocycles. The highest BCUT2D eigenvalue weighted by molar-refractivity contribution is 5.71. The molecule has 0 fully saturated rings. The molecule has 6 heteroatoms. The minimum atomic E-state index is -0.779. The molecule has 0 rings (SSSR count). The SMILES string of the molecule is CC/C=C\C/C=C\C/C=C\C/C=C\C/C=C\C/C=C\CCCCCCCCCCCCC(=O)OCC(COC(=O)CCCCCCCCCCCCCCCCC)OC(=O)CCCCCCCCCCC/C=C\CCCCCCCC. The molecule has 0 aromatic heterocycles. The van der Waals surface area contributed by atoms with E-state index in [-0.39, 0.29) is 31.1 Å². The maximum absolute atomic E-state index is 12.9. The monoisotopic (exact) mass is 1130 g/mol. The zero-order valence-corrected chi connectivity index (χ0v) is 53.8. The molecule has 0 N–H and O–H groups in total. The topological polar surface area (TPSA) is 78.9 Å². The molecule has 0 aliphatic heterocycles. The Labute approximate surface area is 503 Å². The third-order valence-corrected chi connectivity index (χ3v) is 15.4. The van der Waals surface area contributed by atoms with Crippen LogP contribution in [0.15, 0.2) is 85.1 Å². The average Bonchev–Trinajstić information content (AvgIpc) is 3.47. The molecular weight excluding hydrogens is 997 g/mol. The van der Waals surface area contributed by atoms with Crippen LogP contribution in [0.25, 0.3) is 0 Å². The molecule has 0 aliphatic rings. The Morgan fingerprint density at radius 2 is 0.481 bits per heavy atom. The number of ether oxygens (including phenoxy) is 3. The highest BCUT2D eigenvalue weighted by atomic mass is 16.6. The van der Waals surface area contributed by atoms with Gasteiger partial charge in [-0.3, -0.25) is 14.4 Å². The summed E-state index contributed by atoms with van der Waals surface area (Å²) < 4.78 is 17.0. The van der Waals surface area contributed by atoms with Gasteiger partial charge in [-0.15, -0.1) is 0 Å². The normalized spacial score (nSPS) is 12.6. The summed E-state index contributed by atoms with van der Waals surface area (Å²) in [6.45, 7) is 6.57. The third kappa shape index (κ3) is 67.3. The molecule has 0 spiro atoms. The summed E-state index contributed by atoms with van der Waals surface area (Å²) in [5.74, 6) is -0.860. The van der Waals surface area contributed by atoms with Crippen molar-refractivity contribution in [2.45, 2.75) is 361 Å². The van der Waals surface area contributed by atoms with Gasteiger partial charge in [0, 0.05) is 19.3 Å². The largest absolute Gasteiger partial charge is 0.462 e. The van der Waals surface area contributed by atoms with Crippen LogP contribution in [0.2, 0.25) is 0 Å². The summed E-state index contributed by atoms with van der Waals surface area (Å²) in [6.07, 6.45) is 91.7. The van der Waals surface area contributed by atoms with E-state index in [2.05, 4.69) is 106 Å². The molecule has 0 saturated heterocycles. The lowest BCUT2D eigenvalue weighted by atomic mass is 10.0. The fraction of sp³-hybridized carbons (Fsp3) is 0.773. The Hall–Kier alpha value is -3.41. The van der Waals surface area contributed by atoms with Gasteiger partial charge in [0.05, 0.1) is 0 Å². The summed E-state index contributed by atoms with van der Waals surface area (Å²) in [7, 11) is 0. The van der Waals surface area contributed by atoms with Crippen LogP contribution >= 0.6 is 0 Å². The molecule has 1 unspecified atom stereocenters. The smallest absolute Gasteiger partial charge is 0.306 e. The van der Waals surface area contributed by atoms with Crippen molar-refractivity contribution >= 4 is 17.9 Å². The van der Waals surface area contributed by atoms with Gasteiger partial charge in [0.25, 0.3) is 0 Å². The molecule has 0 amide bonds. The molecule has 0 bridgehead atoms. The fourth-order valence-electron chi connectivity index (χ4n) is 10.2. The van der Waals surface area contributed by atoms with Gasteiger partial charge in [-0.05, 0) is 96.3 Å². The van der Waals surface area contributed by atoms with Gasteiger partial charge in [0.1, 0.15) is 13.2 Å². The van der Waals surface area contributed by atoms with Crippen molar-refractivity contribution in [2.75, 3.05) is 13.2 Å². The molecule has 468 valence electrons. The second-order valence-corrected chi connectivity index (χ2v) is 23.4. The first-order chi connectivity index (χ1) is 40.0. The molecule has 1 atom stereocenters. The van der Waals surface area contributed by atoms with Crippen molar-refractivity contribution in [3.8, 4) is 0 Å². The van der Waals surface area contributed by atoms with E-state index in [0.717, 1.165) is 96.3 Å². The number of rotatable bonds is 64. The van der Waals surface area contributed by atoms with Crippen LogP contribution in [-0.4, -0.2) is 37.2 Å². The summed E-state index contributed by atoms with van der Waals surface area (Å²) >= 11 is 0. The number of allylic oxidation sites excluding steroid dienone is 14. The van der Waals surface area contributed by atoms with Crippen molar-refractivity contribution in [1.29, 1.82) is 0 Å². The lowest BCUT2D eigenvalue weighted by Gasteiger charge is -2.18. The van der Waals surface area contributed by atoms with E-state index in [0.29, 0.717) is 19.3 Å². The molecule has 0 heterocycles. The minimum Gasteiger partial charge on any atom is -0.462 e. The molecule has 0 radical (unpaired) electrons. The van der Waals surface area contributed by atoms with E-state index < -0.39 is 6.10 Å². The number of hydrogen-bond donors (Lipinski definition) is 0. The molecule has 6 nitrogen and oxygen atoms in total. The van der Waals surface area contributed by atoms with Crippen molar-refractivity contribution in [2.24, 2.45) is 0 Å². The Morgan fingerprint density at radius 3 is 0.765 bits per heavy atom. The fourth-order valence-corrected chi connectivity index (χ4v) is 10.2. The van der Waals surface area contributed by atoms with Crippen molar-refractivity contribution in [3.63, 3.8) is 0 Å². The van der Waals surface area contributed by atoms with Gasteiger partial charge in [-0.1, -0.05) is 324 Å². The zero-order chi connectivity index (χ0) is 58.5. The van der Waals surface area contributed by atoms with Gasteiger partial charge in [-0.2, -0.15) is 0 Å². The van der Waals surface area contributed by atoms with Crippen LogP contribution in [0.4, 0.5) is 0 Å². The van der Waals surface area contributed by atoms with E-state index in [1.807, 2.05) is 0 Å². The summed E-state index contributed by atoms with van der Waals surface area (Å²) in [4.78, 5) is 38.4. The number of hydrogen-bond acceptors (Lipinski definition) is 6. The van der Waals surface area contributed by atoms with Gasteiger partial charge in [0.2, 0.25) is 0 Å². The standard InChI is InChI=1S/C75H132O6/c1-4-7-10-13-16-19-22-25-28-30-32-33-34-35-36-37-38-39-40-41-43-44-47-50-53-56-59-62-65-68-74(77)80-71-72(70-79-73(76)67-64-61-58-55-52-49-46-27-24-21-18-15-12-9-6-3)81-75(78)69-66-63-60-57-54-51-48-45-42-31-29-26-23-20-17-14-11-8-5-2/h7,10,16,19,25-26,28-29,32-33,35-36,38-39,72H,4-6,8-9,11-15,17-18,20-24,27,30-31,34,37,40-71H2,1-3H3/b10-7-,19-16-,28-25-,29-26-,33-32-,36-35-,39-38-. The zero-order valence-electron chi connectivity index (χ0n) is 53.8. The quantitative estimate of drug-likeness (QED) is 0.0261. The van der Waals surface area contributed by atoms with Crippen LogP contribution in [-0.2, 0) is 28.6 Å². The molecule has 0 aromatic carbocycles. The molecular formula is C75H132O6. The Bertz CT molecular complexity index is 1530. The molecule has 0 saturated carbocycles. The summed E-state index contributed by atoms with van der Waals surface area (Å²) in [5.41, 5.74) is 0. The molecule has 81 heavy (non-hydrogen) atoms. The van der Waals surface area contributed by atoms with Gasteiger partial charge >= 0.3 is 17.9 Å². The number of carbonyl (C=O) groups excluding carboxylic acids is 3. The second kappa shape index (κ2) is 69.1. The number of esters is 3. The van der Waals surface area contributed by atoms with Crippen LogP contribution in [0.1, 0.15) is 355 Å². The third-order valence-electron chi connectivity index (χ3n) is 15.4. The lowest BCUT2D eigenvalue weighted by Crippen LogP contribution is -2.30. The molecule has 0 aromatic rings. The first-order valence-electron chi connectivity index (χ1n) is 35.1. The Balaban J connectivity index is 4.30. The van der Waals surface area contributed by atoms with Gasteiger partial charge < -0.3 is 14.2 Å². The average molecular weight is 1130 g/mol. The predicted molar refractivity (Wildman–Crippen MR) is 353 cm³/mol. The minimum absolute atomic E-state index is 0.0739. The van der Waals surface area contributed by atoms with Gasteiger partial charge in [-0.25, -0.2) is 0 Å². The van der Waals surface area contributed by atoms with E-state index in [9.17, 15) is 14.4 Å². The first-order valence-corrected chi connectivity index (χ1v) is 35.1.